The van der Waals surface area contributed by atoms with Gasteiger partial charge in [0.2, 0.25) is 0 Å². The highest BCUT2D eigenvalue weighted by molar-refractivity contribution is 9.12. The van der Waals surface area contributed by atoms with E-state index in [1.165, 1.54) is 14.2 Å². The van der Waals surface area contributed by atoms with Crippen LogP contribution >= 0.6 is 35.4 Å². The number of hydrogen-bond acceptors (Lipinski definition) is 4. The van der Waals surface area contributed by atoms with Crippen LogP contribution in [0, 0.1) is 0 Å². The highest BCUT2D eigenvalue weighted by Crippen LogP contribution is 2.48. The first-order chi connectivity index (χ1) is 5.04. The van der Waals surface area contributed by atoms with Crippen LogP contribution in [-0.4, -0.2) is 14.2 Å². The highest BCUT2D eigenvalue weighted by atomic mass is 79.9. The van der Waals surface area contributed by atoms with E-state index in [0.717, 1.165) is 6.26 Å². The van der Waals surface area contributed by atoms with Crippen molar-refractivity contribution in [1.82, 2.24) is 0 Å². The Morgan fingerprint density at radius 1 is 1.55 bits per heavy atom. The Hall–Kier alpha value is 0.460. The van der Waals surface area contributed by atoms with E-state index in [1.807, 2.05) is 0 Å². The van der Waals surface area contributed by atoms with Crippen molar-refractivity contribution in [3.05, 3.63) is 10.2 Å². The van der Waals surface area contributed by atoms with Gasteiger partial charge in [-0.2, -0.15) is 0 Å². The van der Waals surface area contributed by atoms with Crippen LogP contribution in [0.15, 0.2) is 10.2 Å². The molecule has 0 rings (SSSR count). The molecular formula is C4H7BrClO4P. The quantitative estimate of drug-likeness (QED) is 0.579. The third-order valence-electron chi connectivity index (χ3n) is 0.718. The summed E-state index contributed by atoms with van der Waals surface area (Å²) in [5.41, 5.74) is 0. The third kappa shape index (κ3) is 4.82. The number of phosphoric ester groups is 1. The molecule has 0 aromatic heterocycles. The zero-order chi connectivity index (χ0) is 8.91. The zero-order valence-corrected chi connectivity index (χ0v) is 9.15. The third-order valence-corrected chi connectivity index (χ3v) is 2.25. The fourth-order valence-electron chi connectivity index (χ4n) is 0.265. The van der Waals surface area contributed by atoms with Crippen molar-refractivity contribution in [2.75, 3.05) is 14.2 Å². The van der Waals surface area contributed by atoms with Gasteiger partial charge in [0.15, 0.2) is 0 Å². The van der Waals surface area contributed by atoms with E-state index in [-0.39, 0.29) is 3.94 Å². The molecule has 4 nitrogen and oxygen atoms in total. The Bertz CT molecular complexity index is 183. The Balaban J connectivity index is 4.10. The van der Waals surface area contributed by atoms with Gasteiger partial charge in [-0.3, -0.25) is 9.05 Å². The second-order valence-electron chi connectivity index (χ2n) is 1.33. The summed E-state index contributed by atoms with van der Waals surface area (Å²) in [5, 5.41) is 0. The summed E-state index contributed by atoms with van der Waals surface area (Å²) in [5.74, 6) is 0. The molecular weight excluding hydrogens is 258 g/mol. The first-order valence-corrected chi connectivity index (χ1v) is 5.08. The molecule has 0 atom stereocenters. The van der Waals surface area contributed by atoms with Crippen molar-refractivity contribution in [2.45, 2.75) is 0 Å². The van der Waals surface area contributed by atoms with Crippen LogP contribution in [0.5, 0.6) is 0 Å². The van der Waals surface area contributed by atoms with Crippen molar-refractivity contribution in [3.63, 3.8) is 0 Å². The van der Waals surface area contributed by atoms with Crippen LogP contribution in [0.3, 0.4) is 0 Å². The Morgan fingerprint density at radius 2 is 2.00 bits per heavy atom. The average Bonchev–Trinajstić information content (AvgIpc) is 2.00. The van der Waals surface area contributed by atoms with E-state index in [0.29, 0.717) is 0 Å². The summed E-state index contributed by atoms with van der Waals surface area (Å²) in [6.07, 6.45) is 1.02. The summed E-state index contributed by atoms with van der Waals surface area (Å²) in [7, 11) is -1.01. The maximum Gasteiger partial charge on any atom is 0.529 e. The Labute approximate surface area is 78.2 Å². The molecule has 0 amide bonds. The number of phosphoric acid groups is 1. The van der Waals surface area contributed by atoms with Gasteiger partial charge in [-0.05, 0) is 15.9 Å². The van der Waals surface area contributed by atoms with Crippen molar-refractivity contribution in [1.29, 1.82) is 0 Å². The molecule has 0 unspecified atom stereocenters. The summed E-state index contributed by atoms with van der Waals surface area (Å²) in [6, 6.07) is 0. The average molecular weight is 265 g/mol. The van der Waals surface area contributed by atoms with Gasteiger partial charge in [-0.15, -0.1) is 0 Å². The second-order valence-corrected chi connectivity index (χ2v) is 4.88. The standard InChI is InChI=1S/C4H7BrClO4P/c1-8-11(7,9-2)10-3-4(5)6/h3H,1-2H3/b4-3-. The van der Waals surface area contributed by atoms with Gasteiger partial charge in [-0.1, -0.05) is 11.6 Å². The molecule has 0 saturated heterocycles. The summed E-state index contributed by atoms with van der Waals surface area (Å²) < 4.78 is 24.6. The van der Waals surface area contributed by atoms with E-state index < -0.39 is 7.82 Å². The van der Waals surface area contributed by atoms with Crippen LogP contribution in [0.2, 0.25) is 0 Å². The van der Waals surface area contributed by atoms with E-state index in [4.69, 9.17) is 11.6 Å². The first kappa shape index (κ1) is 11.5. The minimum Gasteiger partial charge on any atom is -0.410 e. The zero-order valence-electron chi connectivity index (χ0n) is 5.91. The Kier molecular flexibility index (Phi) is 5.38. The van der Waals surface area contributed by atoms with Gasteiger partial charge in [0, 0.05) is 14.2 Å². The monoisotopic (exact) mass is 264 g/mol. The first-order valence-electron chi connectivity index (χ1n) is 2.45. The molecule has 0 bridgehead atoms. The molecule has 0 aliphatic rings. The molecule has 0 aromatic rings. The lowest BCUT2D eigenvalue weighted by atomic mass is 11.2. The summed E-state index contributed by atoms with van der Waals surface area (Å²) in [4.78, 5) is 0. The van der Waals surface area contributed by atoms with Gasteiger partial charge >= 0.3 is 7.82 Å². The molecule has 0 heterocycles. The van der Waals surface area contributed by atoms with Crippen LogP contribution in [0.1, 0.15) is 0 Å². The Morgan fingerprint density at radius 3 is 2.27 bits per heavy atom. The van der Waals surface area contributed by atoms with Crippen LogP contribution in [-0.2, 0) is 18.1 Å². The predicted octanol–water partition coefficient (Wildman–Crippen LogP) is 2.84. The van der Waals surface area contributed by atoms with E-state index in [9.17, 15) is 4.57 Å². The lowest BCUT2D eigenvalue weighted by Crippen LogP contribution is -1.88. The molecule has 0 saturated carbocycles. The van der Waals surface area contributed by atoms with Gasteiger partial charge < -0.3 is 4.52 Å². The van der Waals surface area contributed by atoms with Gasteiger partial charge in [0.1, 0.15) is 10.2 Å². The van der Waals surface area contributed by atoms with Gasteiger partial charge in [0.05, 0.1) is 0 Å². The van der Waals surface area contributed by atoms with Crippen LogP contribution in [0.4, 0.5) is 0 Å². The maximum absolute atomic E-state index is 11.1. The van der Waals surface area contributed by atoms with E-state index in [2.05, 4.69) is 29.5 Å². The van der Waals surface area contributed by atoms with Crippen molar-refractivity contribution in [2.24, 2.45) is 0 Å². The normalized spacial score (nSPS) is 13.3. The minimum absolute atomic E-state index is 0.173. The molecule has 0 radical (unpaired) electrons. The van der Waals surface area contributed by atoms with Crippen molar-refractivity contribution < 1.29 is 18.1 Å². The van der Waals surface area contributed by atoms with E-state index >= 15 is 0 Å². The second kappa shape index (κ2) is 5.17. The highest BCUT2D eigenvalue weighted by Gasteiger charge is 2.22. The topological polar surface area (TPSA) is 44.8 Å². The molecule has 7 heteroatoms. The lowest BCUT2D eigenvalue weighted by molar-refractivity contribution is 0.194. The van der Waals surface area contributed by atoms with Crippen molar-refractivity contribution in [3.8, 4) is 0 Å². The SMILES string of the molecule is COP(=O)(OC)O/C=C(\Cl)Br. The minimum atomic E-state index is -3.43. The predicted molar refractivity (Wildman–Crippen MR) is 45.6 cm³/mol. The number of rotatable bonds is 4. The molecule has 0 N–H and O–H groups in total. The molecule has 0 fully saturated rings. The molecule has 0 aromatic carbocycles. The van der Waals surface area contributed by atoms with Crippen molar-refractivity contribution >= 4 is 35.4 Å². The fraction of sp³-hybridized carbons (Fsp3) is 0.500. The number of hydrogen-bond donors (Lipinski definition) is 0. The molecule has 0 spiro atoms. The van der Waals surface area contributed by atoms with Gasteiger partial charge in [0.25, 0.3) is 0 Å². The lowest BCUT2D eigenvalue weighted by Gasteiger charge is -2.10. The molecule has 11 heavy (non-hydrogen) atoms. The smallest absolute Gasteiger partial charge is 0.410 e. The molecule has 0 aliphatic heterocycles. The summed E-state index contributed by atoms with van der Waals surface area (Å²) >= 11 is 8.17. The fourth-order valence-corrected chi connectivity index (χ4v) is 1.17. The molecule has 66 valence electrons. The van der Waals surface area contributed by atoms with E-state index in [1.54, 1.807) is 0 Å². The maximum atomic E-state index is 11.1. The van der Waals surface area contributed by atoms with Gasteiger partial charge in [-0.25, -0.2) is 4.57 Å². The summed E-state index contributed by atoms with van der Waals surface area (Å²) in [6.45, 7) is 0. The molecule has 0 aliphatic carbocycles. The number of halogens is 2. The largest absolute Gasteiger partial charge is 0.529 e. The van der Waals surface area contributed by atoms with Crippen LogP contribution in [0.25, 0.3) is 0 Å². The van der Waals surface area contributed by atoms with Crippen LogP contribution < -0.4 is 0 Å².